The van der Waals surface area contributed by atoms with Crippen molar-refractivity contribution in [3.8, 4) is 0 Å². The van der Waals surface area contributed by atoms with Gasteiger partial charge in [0.05, 0.1) is 6.04 Å². The first kappa shape index (κ1) is 14.0. The van der Waals surface area contributed by atoms with Gasteiger partial charge in [-0.15, -0.1) is 0 Å². The number of nitrogens with zero attached hydrogens (tertiary/aromatic N) is 1. The second kappa shape index (κ2) is 6.12. The van der Waals surface area contributed by atoms with Gasteiger partial charge >= 0.3 is 0 Å². The van der Waals surface area contributed by atoms with Crippen LogP contribution in [0.1, 0.15) is 12.5 Å². The Balaban J connectivity index is 1.90. The minimum absolute atomic E-state index is 0.0590. The van der Waals surface area contributed by atoms with Gasteiger partial charge in [0.1, 0.15) is 5.82 Å². The summed E-state index contributed by atoms with van der Waals surface area (Å²) < 4.78 is 12.8. The third-order valence-corrected chi connectivity index (χ3v) is 3.35. The van der Waals surface area contributed by atoms with E-state index in [1.54, 1.807) is 24.1 Å². The molecule has 1 aromatic rings. The zero-order valence-electron chi connectivity index (χ0n) is 11.3. The SMILES string of the molecule is CC1CNC(C(=O)N(C)Cc2ccc(F)cc2)CN1. The van der Waals surface area contributed by atoms with Crippen LogP contribution in [0.3, 0.4) is 0 Å². The highest BCUT2D eigenvalue weighted by molar-refractivity contribution is 5.82. The van der Waals surface area contributed by atoms with Crippen molar-refractivity contribution >= 4 is 5.91 Å². The van der Waals surface area contributed by atoms with Crippen LogP contribution >= 0.6 is 0 Å². The number of rotatable bonds is 3. The first-order valence-electron chi connectivity index (χ1n) is 6.52. The summed E-state index contributed by atoms with van der Waals surface area (Å²) in [5, 5.41) is 6.51. The third kappa shape index (κ3) is 3.75. The van der Waals surface area contributed by atoms with E-state index in [0.717, 1.165) is 12.1 Å². The average Bonchev–Trinajstić information content (AvgIpc) is 2.41. The lowest BCUT2D eigenvalue weighted by Gasteiger charge is -2.31. The summed E-state index contributed by atoms with van der Waals surface area (Å²) in [6.45, 7) is 4.01. The summed E-state index contributed by atoms with van der Waals surface area (Å²) in [7, 11) is 1.77. The molecule has 2 atom stereocenters. The molecule has 1 fully saturated rings. The smallest absolute Gasteiger partial charge is 0.241 e. The third-order valence-electron chi connectivity index (χ3n) is 3.35. The van der Waals surface area contributed by atoms with Crippen LogP contribution in [-0.4, -0.2) is 43.0 Å². The molecule has 1 aliphatic heterocycles. The topological polar surface area (TPSA) is 44.4 Å². The van der Waals surface area contributed by atoms with E-state index < -0.39 is 0 Å². The average molecular weight is 265 g/mol. The maximum atomic E-state index is 12.8. The van der Waals surface area contributed by atoms with E-state index in [-0.39, 0.29) is 17.8 Å². The minimum atomic E-state index is -0.259. The van der Waals surface area contributed by atoms with E-state index in [1.165, 1.54) is 12.1 Å². The minimum Gasteiger partial charge on any atom is -0.340 e. The van der Waals surface area contributed by atoms with Crippen molar-refractivity contribution in [2.45, 2.75) is 25.6 Å². The second-order valence-electron chi connectivity index (χ2n) is 5.09. The molecule has 2 unspecified atom stereocenters. The van der Waals surface area contributed by atoms with Gasteiger partial charge in [0.25, 0.3) is 0 Å². The van der Waals surface area contributed by atoms with Gasteiger partial charge in [-0.2, -0.15) is 0 Å². The predicted molar refractivity (Wildman–Crippen MR) is 72.1 cm³/mol. The standard InChI is InChI=1S/C14H20FN3O/c1-10-7-17-13(8-16-10)14(19)18(2)9-11-3-5-12(15)6-4-11/h3-6,10,13,16-17H,7-9H2,1-2H3. The van der Waals surface area contributed by atoms with Crippen molar-refractivity contribution in [2.24, 2.45) is 0 Å². The molecule has 104 valence electrons. The fourth-order valence-corrected chi connectivity index (χ4v) is 2.16. The lowest BCUT2D eigenvalue weighted by molar-refractivity contribution is -0.133. The number of piperazine rings is 1. The summed E-state index contributed by atoms with van der Waals surface area (Å²) in [6.07, 6.45) is 0. The first-order chi connectivity index (χ1) is 9.06. The van der Waals surface area contributed by atoms with Crippen LogP contribution in [0.25, 0.3) is 0 Å². The van der Waals surface area contributed by atoms with Gasteiger partial charge < -0.3 is 15.5 Å². The number of benzene rings is 1. The van der Waals surface area contributed by atoms with Crippen molar-refractivity contribution in [1.29, 1.82) is 0 Å². The Hall–Kier alpha value is -1.46. The molecule has 19 heavy (non-hydrogen) atoms. The van der Waals surface area contributed by atoms with Crippen molar-refractivity contribution in [2.75, 3.05) is 20.1 Å². The summed E-state index contributed by atoms with van der Waals surface area (Å²) in [6, 6.07) is 6.44. The number of likely N-dealkylation sites (N-methyl/N-ethyl adjacent to an activating group) is 1. The normalized spacial score (nSPS) is 23.1. The van der Waals surface area contributed by atoms with E-state index in [4.69, 9.17) is 0 Å². The molecule has 1 heterocycles. The Morgan fingerprint density at radius 3 is 2.58 bits per heavy atom. The van der Waals surface area contributed by atoms with Crippen molar-refractivity contribution < 1.29 is 9.18 Å². The molecule has 1 amide bonds. The van der Waals surface area contributed by atoms with Crippen molar-refractivity contribution in [3.63, 3.8) is 0 Å². The molecule has 0 bridgehead atoms. The van der Waals surface area contributed by atoms with Gasteiger partial charge in [-0.25, -0.2) is 4.39 Å². The summed E-state index contributed by atoms with van der Waals surface area (Å²) in [5.41, 5.74) is 0.925. The number of nitrogens with one attached hydrogen (secondary N) is 2. The molecule has 0 saturated carbocycles. The van der Waals surface area contributed by atoms with Crippen LogP contribution in [0.2, 0.25) is 0 Å². The molecule has 1 saturated heterocycles. The maximum Gasteiger partial charge on any atom is 0.241 e. The molecular formula is C14H20FN3O. The quantitative estimate of drug-likeness (QED) is 0.847. The van der Waals surface area contributed by atoms with Gasteiger partial charge in [-0.3, -0.25) is 4.79 Å². The van der Waals surface area contributed by atoms with E-state index >= 15 is 0 Å². The van der Waals surface area contributed by atoms with Crippen LogP contribution in [-0.2, 0) is 11.3 Å². The Morgan fingerprint density at radius 1 is 1.32 bits per heavy atom. The molecule has 0 aromatic heterocycles. The zero-order valence-corrected chi connectivity index (χ0v) is 11.3. The van der Waals surface area contributed by atoms with E-state index in [1.807, 2.05) is 0 Å². The monoisotopic (exact) mass is 265 g/mol. The largest absolute Gasteiger partial charge is 0.340 e. The number of halogens is 1. The highest BCUT2D eigenvalue weighted by atomic mass is 19.1. The van der Waals surface area contributed by atoms with Gasteiger partial charge in [0, 0.05) is 32.7 Å². The molecule has 0 radical (unpaired) electrons. The van der Waals surface area contributed by atoms with Crippen LogP contribution in [0.15, 0.2) is 24.3 Å². The molecule has 2 N–H and O–H groups in total. The molecule has 2 rings (SSSR count). The van der Waals surface area contributed by atoms with E-state index in [2.05, 4.69) is 17.6 Å². The van der Waals surface area contributed by atoms with Gasteiger partial charge in [0.2, 0.25) is 5.91 Å². The Kier molecular flexibility index (Phi) is 4.50. The Labute approximate surface area is 113 Å². The number of hydrogen-bond acceptors (Lipinski definition) is 3. The van der Waals surface area contributed by atoms with Crippen LogP contribution in [0, 0.1) is 5.82 Å². The molecule has 5 heteroatoms. The Bertz CT molecular complexity index is 427. The molecule has 1 aromatic carbocycles. The summed E-state index contributed by atoms with van der Waals surface area (Å²) in [5.74, 6) is -0.200. The summed E-state index contributed by atoms with van der Waals surface area (Å²) >= 11 is 0. The van der Waals surface area contributed by atoms with Gasteiger partial charge in [-0.1, -0.05) is 12.1 Å². The highest BCUT2D eigenvalue weighted by Gasteiger charge is 2.25. The van der Waals surface area contributed by atoms with Gasteiger partial charge in [0.15, 0.2) is 0 Å². The zero-order chi connectivity index (χ0) is 13.8. The fraction of sp³-hybridized carbons (Fsp3) is 0.500. The van der Waals surface area contributed by atoms with Crippen LogP contribution in [0.4, 0.5) is 4.39 Å². The molecule has 1 aliphatic rings. The predicted octanol–water partition coefficient (Wildman–Crippen LogP) is 0.734. The lowest BCUT2D eigenvalue weighted by atomic mass is 10.1. The number of hydrogen-bond donors (Lipinski definition) is 2. The number of carbonyl (C=O) groups is 1. The second-order valence-corrected chi connectivity index (χ2v) is 5.09. The molecule has 0 aliphatic carbocycles. The van der Waals surface area contributed by atoms with Crippen molar-refractivity contribution in [3.05, 3.63) is 35.6 Å². The van der Waals surface area contributed by atoms with E-state index in [9.17, 15) is 9.18 Å². The fourth-order valence-electron chi connectivity index (χ4n) is 2.16. The van der Waals surface area contributed by atoms with Crippen LogP contribution in [0.5, 0.6) is 0 Å². The van der Waals surface area contributed by atoms with Crippen LogP contribution < -0.4 is 10.6 Å². The lowest BCUT2D eigenvalue weighted by Crippen LogP contribution is -2.58. The number of carbonyl (C=O) groups excluding carboxylic acids is 1. The van der Waals surface area contributed by atoms with Crippen molar-refractivity contribution in [1.82, 2.24) is 15.5 Å². The molecular weight excluding hydrogens is 245 g/mol. The van der Waals surface area contributed by atoms with E-state index in [0.29, 0.717) is 19.1 Å². The Morgan fingerprint density at radius 2 is 2.00 bits per heavy atom. The highest BCUT2D eigenvalue weighted by Crippen LogP contribution is 2.07. The molecule has 4 nitrogen and oxygen atoms in total. The van der Waals surface area contributed by atoms with Gasteiger partial charge in [-0.05, 0) is 24.6 Å². The maximum absolute atomic E-state index is 12.8. The number of amides is 1. The first-order valence-corrected chi connectivity index (χ1v) is 6.52. The summed E-state index contributed by atoms with van der Waals surface area (Å²) in [4.78, 5) is 13.9. The molecule has 0 spiro atoms.